The molecular formula is C28H28ClN3O3. The van der Waals surface area contributed by atoms with Gasteiger partial charge >= 0.3 is 0 Å². The van der Waals surface area contributed by atoms with Gasteiger partial charge in [0.05, 0.1) is 41.3 Å². The molecule has 0 saturated heterocycles. The normalized spacial score (nSPS) is 11.7. The number of hydrogen-bond donors (Lipinski definition) is 1. The van der Waals surface area contributed by atoms with Crippen LogP contribution in [0.15, 0.2) is 79.4 Å². The Kier molecular flexibility index (Phi) is 7.73. The number of imidazole rings is 1. The van der Waals surface area contributed by atoms with Crippen LogP contribution < -0.4 is 14.8 Å². The zero-order chi connectivity index (χ0) is 24.8. The Bertz CT molecular complexity index is 1350. The summed E-state index contributed by atoms with van der Waals surface area (Å²) in [5.41, 5.74) is 3.36. The van der Waals surface area contributed by atoms with E-state index in [1.807, 2.05) is 55.5 Å². The molecule has 1 heterocycles. The highest BCUT2D eigenvalue weighted by Gasteiger charge is 2.20. The molecule has 1 aromatic heterocycles. The topological polar surface area (TPSA) is 65.4 Å². The van der Waals surface area contributed by atoms with Crippen LogP contribution in [0.4, 0.5) is 0 Å². The van der Waals surface area contributed by atoms with Gasteiger partial charge in [-0.25, -0.2) is 4.98 Å². The Labute approximate surface area is 210 Å². The number of allylic oxidation sites excluding steroid dienone is 1. The summed E-state index contributed by atoms with van der Waals surface area (Å²) in [7, 11) is 1.63. The van der Waals surface area contributed by atoms with Crippen molar-refractivity contribution in [3.63, 3.8) is 0 Å². The molecule has 1 atom stereocenters. The zero-order valence-corrected chi connectivity index (χ0v) is 20.6. The lowest BCUT2D eigenvalue weighted by Crippen LogP contribution is -2.29. The van der Waals surface area contributed by atoms with Crippen LogP contribution in [-0.2, 0) is 13.0 Å². The number of ether oxygens (including phenoxy) is 2. The molecule has 4 rings (SSSR count). The van der Waals surface area contributed by atoms with Crippen molar-refractivity contribution in [2.75, 3.05) is 13.7 Å². The second kappa shape index (κ2) is 11.1. The van der Waals surface area contributed by atoms with Crippen LogP contribution in [0.1, 0.15) is 34.7 Å². The van der Waals surface area contributed by atoms with Gasteiger partial charge in [-0.3, -0.25) is 4.79 Å². The molecule has 6 nitrogen and oxygen atoms in total. The van der Waals surface area contributed by atoms with Crippen molar-refractivity contribution in [3.8, 4) is 11.5 Å². The number of benzene rings is 3. The number of carbonyl (C=O) groups excluding carboxylic acids is 1. The first-order valence-corrected chi connectivity index (χ1v) is 11.8. The molecule has 7 heteroatoms. The summed E-state index contributed by atoms with van der Waals surface area (Å²) >= 11 is 6.21. The second-order valence-corrected chi connectivity index (χ2v) is 8.52. The maximum absolute atomic E-state index is 12.8. The third-order valence-electron chi connectivity index (χ3n) is 5.72. The summed E-state index contributed by atoms with van der Waals surface area (Å²) in [6.45, 7) is 6.64. The van der Waals surface area contributed by atoms with Crippen LogP contribution in [0.5, 0.6) is 11.5 Å². The van der Waals surface area contributed by atoms with E-state index in [2.05, 4.69) is 16.5 Å². The lowest BCUT2D eigenvalue weighted by Gasteiger charge is -2.18. The van der Waals surface area contributed by atoms with Gasteiger partial charge in [-0.2, -0.15) is 0 Å². The minimum absolute atomic E-state index is 0.248. The highest BCUT2D eigenvalue weighted by Crippen LogP contribution is 2.29. The van der Waals surface area contributed by atoms with Crippen LogP contribution in [0, 0.1) is 0 Å². The molecule has 0 aliphatic carbocycles. The van der Waals surface area contributed by atoms with Crippen molar-refractivity contribution in [1.29, 1.82) is 0 Å². The molecule has 0 saturated carbocycles. The van der Waals surface area contributed by atoms with Gasteiger partial charge in [0.2, 0.25) is 0 Å². The molecule has 1 unspecified atom stereocenters. The summed E-state index contributed by atoms with van der Waals surface area (Å²) in [6.07, 6.45) is 2.62. The summed E-state index contributed by atoms with van der Waals surface area (Å²) < 4.78 is 13.7. The van der Waals surface area contributed by atoms with Crippen LogP contribution >= 0.6 is 11.6 Å². The molecule has 1 N–H and O–H groups in total. The Morgan fingerprint density at radius 3 is 2.69 bits per heavy atom. The van der Waals surface area contributed by atoms with E-state index >= 15 is 0 Å². The lowest BCUT2D eigenvalue weighted by molar-refractivity contribution is 0.0937. The summed E-state index contributed by atoms with van der Waals surface area (Å²) in [5.74, 6) is 1.84. The van der Waals surface area contributed by atoms with E-state index < -0.39 is 0 Å². The molecule has 4 aromatic rings. The van der Waals surface area contributed by atoms with Gasteiger partial charge in [-0.15, -0.1) is 6.58 Å². The fourth-order valence-corrected chi connectivity index (χ4v) is 4.24. The highest BCUT2D eigenvalue weighted by atomic mass is 35.5. The van der Waals surface area contributed by atoms with Crippen LogP contribution in [-0.4, -0.2) is 29.2 Å². The Hall–Kier alpha value is -3.77. The van der Waals surface area contributed by atoms with E-state index in [0.29, 0.717) is 35.2 Å². The SMILES string of the molecule is C=CCc1ccc(OCCn2c(C(C)NC(=O)c3ccccc3Cl)nc3ccccc32)c(OC)c1. The lowest BCUT2D eigenvalue weighted by atomic mass is 10.1. The van der Waals surface area contributed by atoms with Gasteiger partial charge in [0.15, 0.2) is 11.5 Å². The number of rotatable bonds is 10. The number of halogens is 1. The number of aromatic nitrogens is 2. The summed E-state index contributed by atoms with van der Waals surface area (Å²) in [4.78, 5) is 17.6. The van der Waals surface area contributed by atoms with Gasteiger partial charge in [0.1, 0.15) is 12.4 Å². The number of carbonyl (C=O) groups is 1. The van der Waals surface area contributed by atoms with E-state index in [1.54, 1.807) is 31.4 Å². The number of para-hydroxylation sites is 2. The van der Waals surface area contributed by atoms with E-state index in [9.17, 15) is 4.79 Å². The first-order chi connectivity index (χ1) is 17.0. The second-order valence-electron chi connectivity index (χ2n) is 8.11. The van der Waals surface area contributed by atoms with Gasteiger partial charge in [-0.05, 0) is 55.3 Å². The average Bonchev–Trinajstić information content (AvgIpc) is 3.24. The predicted octanol–water partition coefficient (Wildman–Crippen LogP) is 6.00. The molecule has 0 bridgehead atoms. The van der Waals surface area contributed by atoms with E-state index in [-0.39, 0.29) is 11.9 Å². The smallest absolute Gasteiger partial charge is 0.253 e. The van der Waals surface area contributed by atoms with Crippen molar-refractivity contribution in [3.05, 3.63) is 101 Å². The third-order valence-corrected chi connectivity index (χ3v) is 6.05. The number of nitrogens with zero attached hydrogens (tertiary/aromatic N) is 2. The summed E-state index contributed by atoms with van der Waals surface area (Å²) in [5, 5.41) is 3.43. The average molecular weight is 490 g/mol. The van der Waals surface area contributed by atoms with Crippen LogP contribution in [0.2, 0.25) is 5.02 Å². The minimum Gasteiger partial charge on any atom is -0.493 e. The molecule has 35 heavy (non-hydrogen) atoms. The van der Waals surface area contributed by atoms with Crippen molar-refractivity contribution in [2.45, 2.75) is 25.9 Å². The number of hydrogen-bond acceptors (Lipinski definition) is 4. The van der Waals surface area contributed by atoms with E-state index in [4.69, 9.17) is 26.1 Å². The number of amides is 1. The van der Waals surface area contributed by atoms with Crippen molar-refractivity contribution in [1.82, 2.24) is 14.9 Å². The molecule has 0 aliphatic heterocycles. The summed E-state index contributed by atoms with van der Waals surface area (Å²) in [6, 6.07) is 20.4. The van der Waals surface area contributed by atoms with Crippen LogP contribution in [0.25, 0.3) is 11.0 Å². The first kappa shape index (κ1) is 24.4. The van der Waals surface area contributed by atoms with Crippen LogP contribution in [0.3, 0.4) is 0 Å². The molecule has 1 amide bonds. The fourth-order valence-electron chi connectivity index (χ4n) is 4.02. The molecule has 0 fully saturated rings. The molecule has 0 radical (unpaired) electrons. The largest absolute Gasteiger partial charge is 0.493 e. The Morgan fingerprint density at radius 2 is 1.91 bits per heavy atom. The molecule has 0 aliphatic rings. The Balaban J connectivity index is 1.54. The number of methoxy groups -OCH3 is 1. The predicted molar refractivity (Wildman–Crippen MR) is 139 cm³/mol. The number of fused-ring (bicyclic) bond motifs is 1. The maximum atomic E-state index is 12.8. The van der Waals surface area contributed by atoms with Gasteiger partial charge in [-0.1, -0.05) is 48.0 Å². The van der Waals surface area contributed by atoms with E-state index in [1.165, 1.54) is 0 Å². The van der Waals surface area contributed by atoms with Crippen molar-refractivity contribution in [2.24, 2.45) is 0 Å². The molecule has 180 valence electrons. The Morgan fingerprint density at radius 1 is 1.14 bits per heavy atom. The first-order valence-electron chi connectivity index (χ1n) is 11.4. The van der Waals surface area contributed by atoms with Crippen molar-refractivity contribution < 1.29 is 14.3 Å². The quantitative estimate of drug-likeness (QED) is 0.277. The van der Waals surface area contributed by atoms with Gasteiger partial charge < -0.3 is 19.4 Å². The minimum atomic E-state index is -0.348. The molecule has 3 aromatic carbocycles. The maximum Gasteiger partial charge on any atom is 0.253 e. The van der Waals surface area contributed by atoms with Crippen molar-refractivity contribution >= 4 is 28.5 Å². The van der Waals surface area contributed by atoms with Gasteiger partial charge in [0.25, 0.3) is 5.91 Å². The fraction of sp³-hybridized carbons (Fsp3) is 0.214. The highest BCUT2D eigenvalue weighted by molar-refractivity contribution is 6.33. The standard InChI is InChI=1S/C28H28ClN3O3/c1-4-9-20-14-15-25(26(18-20)34-3)35-17-16-32-24-13-8-7-12-23(24)31-27(32)19(2)30-28(33)21-10-5-6-11-22(21)29/h4-8,10-15,18-19H,1,9,16-17H2,2-3H3,(H,30,33). The third kappa shape index (κ3) is 5.49. The number of nitrogens with one attached hydrogen (secondary N) is 1. The molecular weight excluding hydrogens is 462 g/mol. The van der Waals surface area contributed by atoms with Gasteiger partial charge in [0, 0.05) is 0 Å². The monoisotopic (exact) mass is 489 g/mol. The zero-order valence-electron chi connectivity index (χ0n) is 19.8. The molecule has 0 spiro atoms. The van der Waals surface area contributed by atoms with E-state index in [0.717, 1.165) is 28.8 Å².